The highest BCUT2D eigenvalue weighted by molar-refractivity contribution is 8.00. The fraction of sp³-hybridized carbons (Fsp3) is 0.267. The first-order valence-corrected chi connectivity index (χ1v) is 8.85. The summed E-state index contributed by atoms with van der Waals surface area (Å²) in [4.78, 5) is 11.9. The molecule has 22 heavy (non-hydrogen) atoms. The van der Waals surface area contributed by atoms with Crippen molar-refractivity contribution in [3.05, 3.63) is 35.9 Å². The van der Waals surface area contributed by atoms with Crippen molar-refractivity contribution in [2.45, 2.75) is 17.7 Å². The standard InChI is InChI=1S/C15H17N3O2S2/c1-3-10-20-12-7-5-4-6-11(12)8-9-13(19)16-14-17-18-15(21-2)22-14/h4-9H,3,10H2,1-2H3,(H,16,17,19)/b9-8+. The van der Waals surface area contributed by atoms with Gasteiger partial charge in [-0.1, -0.05) is 48.2 Å². The van der Waals surface area contributed by atoms with E-state index in [1.165, 1.54) is 29.2 Å². The maximum atomic E-state index is 11.9. The molecule has 0 radical (unpaired) electrons. The number of rotatable bonds is 7. The fourth-order valence-electron chi connectivity index (χ4n) is 1.62. The molecule has 116 valence electrons. The average molecular weight is 335 g/mol. The lowest BCUT2D eigenvalue weighted by Crippen LogP contribution is -2.07. The lowest BCUT2D eigenvalue weighted by Gasteiger charge is -2.07. The number of carbonyl (C=O) groups excluding carboxylic acids is 1. The van der Waals surface area contributed by atoms with Gasteiger partial charge in [-0.2, -0.15) is 0 Å². The first kappa shape index (κ1) is 16.5. The zero-order valence-corrected chi connectivity index (χ0v) is 14.0. The Morgan fingerprint density at radius 2 is 2.23 bits per heavy atom. The van der Waals surface area contributed by atoms with Crippen molar-refractivity contribution in [2.24, 2.45) is 0 Å². The second-order valence-electron chi connectivity index (χ2n) is 4.29. The molecule has 1 aromatic carbocycles. The SMILES string of the molecule is CCCOc1ccccc1/C=C/C(=O)Nc1nnc(SC)s1. The largest absolute Gasteiger partial charge is 0.493 e. The van der Waals surface area contributed by atoms with Crippen molar-refractivity contribution < 1.29 is 9.53 Å². The van der Waals surface area contributed by atoms with Gasteiger partial charge in [0.15, 0.2) is 4.34 Å². The van der Waals surface area contributed by atoms with Gasteiger partial charge in [0.25, 0.3) is 0 Å². The summed E-state index contributed by atoms with van der Waals surface area (Å²) in [5.41, 5.74) is 0.869. The number of nitrogens with zero attached hydrogens (tertiary/aromatic N) is 2. The molecule has 7 heteroatoms. The van der Waals surface area contributed by atoms with E-state index in [-0.39, 0.29) is 5.91 Å². The van der Waals surface area contributed by atoms with Crippen LogP contribution >= 0.6 is 23.1 Å². The lowest BCUT2D eigenvalue weighted by molar-refractivity contribution is -0.111. The van der Waals surface area contributed by atoms with E-state index >= 15 is 0 Å². The van der Waals surface area contributed by atoms with Gasteiger partial charge in [-0.25, -0.2) is 0 Å². The predicted octanol–water partition coefficient (Wildman–Crippen LogP) is 3.70. The van der Waals surface area contributed by atoms with Crippen LogP contribution in [-0.4, -0.2) is 29.0 Å². The molecular formula is C15H17N3O2S2. The van der Waals surface area contributed by atoms with Crippen molar-refractivity contribution in [3.63, 3.8) is 0 Å². The highest BCUT2D eigenvalue weighted by Crippen LogP contribution is 2.23. The number of thioether (sulfide) groups is 1. The van der Waals surface area contributed by atoms with Crippen molar-refractivity contribution >= 4 is 40.2 Å². The van der Waals surface area contributed by atoms with Crippen LogP contribution in [0.2, 0.25) is 0 Å². The van der Waals surface area contributed by atoms with Gasteiger partial charge in [-0.3, -0.25) is 10.1 Å². The molecule has 0 aliphatic rings. The summed E-state index contributed by atoms with van der Waals surface area (Å²) in [5.74, 6) is 0.531. The minimum absolute atomic E-state index is 0.242. The lowest BCUT2D eigenvalue weighted by atomic mass is 10.2. The summed E-state index contributed by atoms with van der Waals surface area (Å²) in [5, 5.41) is 11.0. The summed E-state index contributed by atoms with van der Waals surface area (Å²) >= 11 is 2.84. The van der Waals surface area contributed by atoms with Gasteiger partial charge in [0.1, 0.15) is 5.75 Å². The number of hydrogen-bond acceptors (Lipinski definition) is 6. The molecule has 0 saturated heterocycles. The number of nitrogens with one attached hydrogen (secondary N) is 1. The van der Waals surface area contributed by atoms with Crippen molar-refractivity contribution in [3.8, 4) is 5.75 Å². The minimum atomic E-state index is -0.242. The van der Waals surface area contributed by atoms with E-state index in [0.29, 0.717) is 11.7 Å². The Balaban J connectivity index is 2.00. The molecule has 1 amide bonds. The quantitative estimate of drug-likeness (QED) is 0.475. The van der Waals surface area contributed by atoms with Crippen LogP contribution in [0.3, 0.4) is 0 Å². The predicted molar refractivity (Wildman–Crippen MR) is 91.6 cm³/mol. The third kappa shape index (κ3) is 4.85. The first-order valence-electron chi connectivity index (χ1n) is 6.81. The molecule has 2 aromatic rings. The normalized spacial score (nSPS) is 10.8. The molecule has 1 aromatic heterocycles. The van der Waals surface area contributed by atoms with E-state index in [0.717, 1.165) is 22.1 Å². The molecule has 0 fully saturated rings. The molecule has 0 aliphatic heterocycles. The van der Waals surface area contributed by atoms with Crippen LogP contribution in [-0.2, 0) is 4.79 Å². The maximum Gasteiger partial charge on any atom is 0.250 e. The van der Waals surface area contributed by atoms with E-state index in [2.05, 4.69) is 22.4 Å². The van der Waals surface area contributed by atoms with Gasteiger partial charge in [-0.05, 0) is 24.8 Å². The topological polar surface area (TPSA) is 64.1 Å². The molecule has 0 aliphatic carbocycles. The number of anilines is 1. The summed E-state index contributed by atoms with van der Waals surface area (Å²) < 4.78 is 6.47. The smallest absolute Gasteiger partial charge is 0.250 e. The Morgan fingerprint density at radius 1 is 1.41 bits per heavy atom. The Bertz CT molecular complexity index is 656. The van der Waals surface area contributed by atoms with Crippen molar-refractivity contribution in [1.29, 1.82) is 0 Å². The highest BCUT2D eigenvalue weighted by atomic mass is 32.2. The Hall–Kier alpha value is -1.86. The summed E-state index contributed by atoms with van der Waals surface area (Å²) in [7, 11) is 0. The molecular weight excluding hydrogens is 318 g/mol. The molecule has 0 saturated carbocycles. The van der Waals surface area contributed by atoms with E-state index in [9.17, 15) is 4.79 Å². The van der Waals surface area contributed by atoms with Crippen molar-refractivity contribution in [2.75, 3.05) is 18.2 Å². The van der Waals surface area contributed by atoms with Gasteiger partial charge in [0.2, 0.25) is 11.0 Å². The number of ether oxygens (including phenoxy) is 1. The monoisotopic (exact) mass is 335 g/mol. The van der Waals surface area contributed by atoms with Crippen LogP contribution in [0.4, 0.5) is 5.13 Å². The number of hydrogen-bond donors (Lipinski definition) is 1. The first-order chi connectivity index (χ1) is 10.7. The molecule has 1 heterocycles. The highest BCUT2D eigenvalue weighted by Gasteiger charge is 2.05. The van der Waals surface area contributed by atoms with Gasteiger partial charge >= 0.3 is 0 Å². The van der Waals surface area contributed by atoms with Gasteiger partial charge in [-0.15, -0.1) is 10.2 Å². The van der Waals surface area contributed by atoms with Crippen LogP contribution in [0.1, 0.15) is 18.9 Å². The number of amides is 1. The average Bonchev–Trinajstić information content (AvgIpc) is 2.99. The summed E-state index contributed by atoms with van der Waals surface area (Å²) in [6.07, 6.45) is 6.05. The summed E-state index contributed by atoms with van der Waals surface area (Å²) in [6.45, 7) is 2.70. The fourth-order valence-corrected chi connectivity index (χ4v) is 2.79. The van der Waals surface area contributed by atoms with E-state index < -0.39 is 0 Å². The molecule has 0 atom stereocenters. The number of benzene rings is 1. The third-order valence-corrected chi connectivity index (χ3v) is 4.42. The zero-order chi connectivity index (χ0) is 15.8. The number of aromatic nitrogens is 2. The van der Waals surface area contributed by atoms with Crippen LogP contribution in [0, 0.1) is 0 Å². The van der Waals surface area contributed by atoms with Crippen LogP contribution in [0.15, 0.2) is 34.7 Å². The zero-order valence-electron chi connectivity index (χ0n) is 12.4. The molecule has 1 N–H and O–H groups in total. The Morgan fingerprint density at radius 3 is 2.95 bits per heavy atom. The van der Waals surface area contributed by atoms with Crippen LogP contribution in [0.25, 0.3) is 6.08 Å². The third-order valence-electron chi connectivity index (χ3n) is 2.61. The molecule has 2 rings (SSSR count). The van der Waals surface area contributed by atoms with E-state index in [4.69, 9.17) is 4.74 Å². The Kier molecular flexibility index (Phi) is 6.42. The summed E-state index contributed by atoms with van der Waals surface area (Å²) in [6, 6.07) is 7.62. The molecule has 0 unspecified atom stereocenters. The van der Waals surface area contributed by atoms with Gasteiger partial charge < -0.3 is 4.74 Å². The molecule has 0 bridgehead atoms. The van der Waals surface area contributed by atoms with E-state index in [1.54, 1.807) is 6.08 Å². The van der Waals surface area contributed by atoms with Crippen LogP contribution in [0.5, 0.6) is 5.75 Å². The van der Waals surface area contributed by atoms with Gasteiger partial charge in [0, 0.05) is 11.6 Å². The molecule has 0 spiro atoms. The number of para-hydroxylation sites is 1. The Labute approximate surface area is 137 Å². The van der Waals surface area contributed by atoms with E-state index in [1.807, 2.05) is 30.5 Å². The van der Waals surface area contributed by atoms with Crippen molar-refractivity contribution in [1.82, 2.24) is 10.2 Å². The second-order valence-corrected chi connectivity index (χ2v) is 6.32. The van der Waals surface area contributed by atoms with Crippen LogP contribution < -0.4 is 10.1 Å². The van der Waals surface area contributed by atoms with Gasteiger partial charge in [0.05, 0.1) is 6.61 Å². The minimum Gasteiger partial charge on any atom is -0.493 e. The number of carbonyl (C=O) groups is 1. The molecule has 5 nitrogen and oxygen atoms in total. The maximum absolute atomic E-state index is 11.9. The second kappa shape index (κ2) is 8.55.